The molecule has 2 heterocycles. The summed E-state index contributed by atoms with van der Waals surface area (Å²) >= 11 is 0. The zero-order valence-corrected chi connectivity index (χ0v) is 19.1. The maximum Gasteiger partial charge on any atom is 0.216 e. The predicted octanol–water partition coefficient (Wildman–Crippen LogP) is 1.79. The van der Waals surface area contributed by atoms with Gasteiger partial charge in [0.15, 0.2) is 11.7 Å². The first-order chi connectivity index (χ1) is 14.9. The molecular weight excluding hydrogens is 418 g/mol. The fourth-order valence-electron chi connectivity index (χ4n) is 3.33. The number of ether oxygens (including phenoxy) is 1. The highest BCUT2D eigenvalue weighted by Crippen LogP contribution is 2.19. The van der Waals surface area contributed by atoms with Crippen molar-refractivity contribution in [2.75, 3.05) is 45.6 Å². The summed E-state index contributed by atoms with van der Waals surface area (Å²) in [6, 6.07) is 11.7. The third kappa shape index (κ3) is 6.52. The van der Waals surface area contributed by atoms with E-state index in [4.69, 9.17) is 9.26 Å². The van der Waals surface area contributed by atoms with Crippen molar-refractivity contribution in [1.82, 2.24) is 19.7 Å². The number of nitrogens with one attached hydrogen (secondary N) is 1. The van der Waals surface area contributed by atoms with Gasteiger partial charge in [-0.15, -0.1) is 0 Å². The molecule has 0 bridgehead atoms. The second-order valence-electron chi connectivity index (χ2n) is 7.57. The zero-order chi connectivity index (χ0) is 22.3. The lowest BCUT2D eigenvalue weighted by molar-refractivity contribution is 0.0904. The van der Waals surface area contributed by atoms with E-state index in [-0.39, 0.29) is 18.5 Å². The molecule has 1 aliphatic rings. The summed E-state index contributed by atoms with van der Waals surface area (Å²) in [7, 11) is -1.60. The number of nitrogens with zero attached hydrogens (tertiary/aromatic N) is 4. The first-order valence-corrected chi connectivity index (χ1v) is 12.1. The Bertz CT molecular complexity index is 951. The van der Waals surface area contributed by atoms with Crippen LogP contribution >= 0.6 is 0 Å². The number of guanidine groups is 1. The average molecular weight is 450 g/mol. The van der Waals surface area contributed by atoms with Crippen molar-refractivity contribution in [2.45, 2.75) is 26.5 Å². The number of rotatable bonds is 8. The Morgan fingerprint density at radius 2 is 1.94 bits per heavy atom. The second-order valence-corrected chi connectivity index (χ2v) is 9.66. The molecule has 31 heavy (non-hydrogen) atoms. The second kappa shape index (κ2) is 10.7. The van der Waals surface area contributed by atoms with E-state index < -0.39 is 10.0 Å². The fraction of sp³-hybridized carbons (Fsp3) is 0.524. The normalized spacial score (nSPS) is 16.1. The van der Waals surface area contributed by atoms with Crippen molar-refractivity contribution in [3.05, 3.63) is 42.1 Å². The number of aliphatic imine (C=N–C) groups is 1. The highest BCUT2D eigenvalue weighted by atomic mass is 32.2. The average Bonchev–Trinajstić information content (AvgIpc) is 3.24. The van der Waals surface area contributed by atoms with Gasteiger partial charge >= 0.3 is 0 Å². The van der Waals surface area contributed by atoms with E-state index in [1.165, 1.54) is 4.31 Å². The standard InChI is InChI=1S/C21H31N5O4S/c1-17(2)29-13-14-31(27,28)26-11-9-25(10-12-26)21(22-3)23-16-19-15-20(30-24-19)18-7-5-4-6-8-18/h4-8,15,17H,9-14,16H2,1-3H3,(H,22,23). The van der Waals surface area contributed by atoms with Gasteiger partial charge in [0.25, 0.3) is 0 Å². The van der Waals surface area contributed by atoms with Gasteiger partial charge in [-0.1, -0.05) is 35.5 Å². The van der Waals surface area contributed by atoms with Crippen molar-refractivity contribution in [1.29, 1.82) is 0 Å². The monoisotopic (exact) mass is 449 g/mol. The molecule has 10 heteroatoms. The van der Waals surface area contributed by atoms with Crippen LogP contribution in [0.15, 0.2) is 45.9 Å². The summed E-state index contributed by atoms with van der Waals surface area (Å²) in [6.07, 6.45) is 0.0231. The molecule has 1 fully saturated rings. The number of aromatic nitrogens is 1. The van der Waals surface area contributed by atoms with Gasteiger partial charge in [-0.3, -0.25) is 4.99 Å². The number of hydrogen-bond acceptors (Lipinski definition) is 6. The maximum atomic E-state index is 12.5. The van der Waals surface area contributed by atoms with E-state index in [1.54, 1.807) is 7.05 Å². The van der Waals surface area contributed by atoms with Gasteiger partial charge in [-0.25, -0.2) is 8.42 Å². The van der Waals surface area contributed by atoms with E-state index in [2.05, 4.69) is 20.4 Å². The number of sulfonamides is 1. The van der Waals surface area contributed by atoms with Crippen LogP contribution in [0.4, 0.5) is 0 Å². The molecule has 0 spiro atoms. The molecular formula is C21H31N5O4S. The van der Waals surface area contributed by atoms with Crippen molar-refractivity contribution in [3.8, 4) is 11.3 Å². The predicted molar refractivity (Wildman–Crippen MR) is 120 cm³/mol. The SMILES string of the molecule is CN=C(NCc1cc(-c2ccccc2)on1)N1CCN(S(=O)(=O)CCOC(C)C)CC1. The minimum Gasteiger partial charge on any atom is -0.378 e. The summed E-state index contributed by atoms with van der Waals surface area (Å²) in [5.41, 5.74) is 1.74. The third-order valence-corrected chi connectivity index (χ3v) is 6.82. The van der Waals surface area contributed by atoms with E-state index in [1.807, 2.05) is 50.2 Å². The molecule has 9 nitrogen and oxygen atoms in total. The van der Waals surface area contributed by atoms with Crippen LogP contribution in [0.1, 0.15) is 19.5 Å². The van der Waals surface area contributed by atoms with Crippen molar-refractivity contribution >= 4 is 16.0 Å². The first kappa shape index (κ1) is 23.2. The van der Waals surface area contributed by atoms with Crippen LogP contribution < -0.4 is 5.32 Å². The van der Waals surface area contributed by atoms with E-state index in [9.17, 15) is 8.42 Å². The molecule has 0 aliphatic carbocycles. The fourth-order valence-corrected chi connectivity index (χ4v) is 4.62. The molecule has 0 radical (unpaired) electrons. The van der Waals surface area contributed by atoms with E-state index in [0.29, 0.717) is 44.4 Å². The smallest absolute Gasteiger partial charge is 0.216 e. The molecule has 0 saturated carbocycles. The highest BCUT2D eigenvalue weighted by Gasteiger charge is 2.28. The molecule has 1 aliphatic heterocycles. The van der Waals surface area contributed by atoms with Gasteiger partial charge in [0.2, 0.25) is 10.0 Å². The van der Waals surface area contributed by atoms with Crippen molar-refractivity contribution in [2.24, 2.45) is 4.99 Å². The minimum absolute atomic E-state index is 0.00800. The van der Waals surface area contributed by atoms with Gasteiger partial charge in [0.05, 0.1) is 25.0 Å². The summed E-state index contributed by atoms with van der Waals surface area (Å²) in [6.45, 7) is 6.45. The van der Waals surface area contributed by atoms with Crippen LogP contribution in [0, 0.1) is 0 Å². The Morgan fingerprint density at radius 3 is 2.58 bits per heavy atom. The lowest BCUT2D eigenvalue weighted by atomic mass is 10.2. The number of benzene rings is 1. The van der Waals surface area contributed by atoms with Crippen LogP contribution in [-0.4, -0.2) is 80.4 Å². The van der Waals surface area contributed by atoms with Crippen molar-refractivity contribution < 1.29 is 17.7 Å². The molecule has 1 saturated heterocycles. The van der Waals surface area contributed by atoms with Crippen LogP contribution in [0.3, 0.4) is 0 Å². The van der Waals surface area contributed by atoms with Gasteiger partial charge in [-0.2, -0.15) is 4.31 Å². The lowest BCUT2D eigenvalue weighted by Gasteiger charge is -2.35. The first-order valence-electron chi connectivity index (χ1n) is 10.4. The van der Waals surface area contributed by atoms with E-state index in [0.717, 1.165) is 11.3 Å². The Kier molecular flexibility index (Phi) is 8.05. The molecule has 1 aromatic heterocycles. The van der Waals surface area contributed by atoms with Gasteiger partial charge in [0, 0.05) is 44.9 Å². The molecule has 0 atom stereocenters. The van der Waals surface area contributed by atoms with Crippen LogP contribution in [-0.2, 0) is 21.3 Å². The van der Waals surface area contributed by atoms with E-state index >= 15 is 0 Å². The number of hydrogen-bond donors (Lipinski definition) is 1. The van der Waals surface area contributed by atoms with Crippen LogP contribution in [0.25, 0.3) is 11.3 Å². The molecule has 1 N–H and O–H groups in total. The quantitative estimate of drug-likeness (QED) is 0.484. The van der Waals surface area contributed by atoms with Crippen LogP contribution in [0.5, 0.6) is 0 Å². The summed E-state index contributed by atoms with van der Waals surface area (Å²) in [5.74, 6) is 1.44. The van der Waals surface area contributed by atoms with Gasteiger partial charge < -0.3 is 19.5 Å². The highest BCUT2D eigenvalue weighted by molar-refractivity contribution is 7.89. The molecule has 170 valence electrons. The van der Waals surface area contributed by atoms with Crippen molar-refractivity contribution in [3.63, 3.8) is 0 Å². The Morgan fingerprint density at radius 1 is 1.23 bits per heavy atom. The van der Waals surface area contributed by atoms with Gasteiger partial charge in [-0.05, 0) is 13.8 Å². The molecule has 0 amide bonds. The number of piperazine rings is 1. The third-order valence-electron chi connectivity index (χ3n) is 4.98. The zero-order valence-electron chi connectivity index (χ0n) is 18.3. The summed E-state index contributed by atoms with van der Waals surface area (Å²) in [4.78, 5) is 6.38. The lowest BCUT2D eigenvalue weighted by Crippen LogP contribution is -2.54. The Hall–Kier alpha value is -2.43. The summed E-state index contributed by atoms with van der Waals surface area (Å²) in [5, 5.41) is 7.40. The largest absolute Gasteiger partial charge is 0.378 e. The van der Waals surface area contributed by atoms with Gasteiger partial charge in [0.1, 0.15) is 5.69 Å². The molecule has 3 rings (SSSR count). The molecule has 1 aromatic carbocycles. The molecule has 2 aromatic rings. The maximum absolute atomic E-state index is 12.5. The van der Waals surface area contributed by atoms with Crippen LogP contribution in [0.2, 0.25) is 0 Å². The topological polar surface area (TPSA) is 100 Å². The minimum atomic E-state index is -3.31. The summed E-state index contributed by atoms with van der Waals surface area (Å²) < 4.78 is 37.4. The Balaban J connectivity index is 1.49. The Labute approximate surface area is 184 Å². The molecule has 0 unspecified atom stereocenters.